The number of esters is 1. The average molecular weight is 264 g/mol. The van der Waals surface area contributed by atoms with Crippen LogP contribution in [0.1, 0.15) is 23.3 Å². The van der Waals surface area contributed by atoms with Crippen molar-refractivity contribution in [2.75, 3.05) is 25.6 Å². The molecule has 0 aromatic carbocycles. The molecule has 0 saturated carbocycles. The van der Waals surface area contributed by atoms with Crippen molar-refractivity contribution in [3.8, 4) is 0 Å². The second-order valence-corrected chi connectivity index (χ2v) is 3.26. The number of oxazole rings is 1. The van der Waals surface area contributed by atoms with Crippen LogP contribution in [0, 0.1) is 0 Å². The second-order valence-electron chi connectivity index (χ2n) is 3.26. The van der Waals surface area contributed by atoms with Gasteiger partial charge in [-0.15, -0.1) is 0 Å². The van der Waals surface area contributed by atoms with Gasteiger partial charge in [0.25, 0.3) is 6.43 Å². The van der Waals surface area contributed by atoms with Crippen LogP contribution in [-0.4, -0.2) is 37.2 Å². The molecule has 1 rings (SSSR count). The zero-order chi connectivity index (χ0) is 13.5. The first-order valence-electron chi connectivity index (χ1n) is 5.32. The normalized spacial score (nSPS) is 10.9. The number of hydrogen-bond acceptors (Lipinski definition) is 6. The first-order chi connectivity index (χ1) is 8.54. The summed E-state index contributed by atoms with van der Waals surface area (Å²) in [5.41, 5.74) is 5.32. The first-order valence-corrected chi connectivity index (χ1v) is 5.32. The van der Waals surface area contributed by atoms with Crippen LogP contribution in [0.4, 0.5) is 14.7 Å². The Labute approximate surface area is 102 Å². The lowest BCUT2D eigenvalue weighted by Crippen LogP contribution is -2.08. The van der Waals surface area contributed by atoms with Crippen molar-refractivity contribution in [1.29, 1.82) is 0 Å². The topological polar surface area (TPSA) is 87.6 Å². The maximum absolute atomic E-state index is 11.8. The zero-order valence-corrected chi connectivity index (χ0v) is 9.82. The van der Waals surface area contributed by atoms with Gasteiger partial charge >= 0.3 is 5.97 Å². The Balaban J connectivity index is 2.48. The molecule has 1 aromatic rings. The second kappa shape index (κ2) is 6.90. The molecular weight excluding hydrogens is 250 g/mol. The lowest BCUT2D eigenvalue weighted by atomic mass is 10.4. The van der Waals surface area contributed by atoms with Crippen LogP contribution < -0.4 is 5.73 Å². The molecule has 0 bridgehead atoms. The van der Waals surface area contributed by atoms with Gasteiger partial charge in [-0.1, -0.05) is 0 Å². The summed E-state index contributed by atoms with van der Waals surface area (Å²) in [6, 6.07) is 0. The van der Waals surface area contributed by atoms with Crippen LogP contribution in [0.25, 0.3) is 0 Å². The van der Waals surface area contributed by atoms with E-state index in [4.69, 9.17) is 14.9 Å². The largest absolute Gasteiger partial charge is 0.461 e. The van der Waals surface area contributed by atoms with E-state index in [1.165, 1.54) is 0 Å². The highest BCUT2D eigenvalue weighted by Gasteiger charge is 2.18. The number of carbonyl (C=O) groups excluding carboxylic acids is 1. The third kappa shape index (κ3) is 4.28. The molecular formula is C10H14F2N2O4. The van der Waals surface area contributed by atoms with Crippen molar-refractivity contribution in [2.45, 2.75) is 19.8 Å². The molecule has 8 heteroatoms. The average Bonchev–Trinajstić information content (AvgIpc) is 2.66. The molecule has 0 saturated heterocycles. The molecule has 0 aliphatic rings. The number of anilines is 1. The van der Waals surface area contributed by atoms with E-state index in [0.29, 0.717) is 0 Å². The standard InChI is InChI=1S/C10H14F2N2O4/c1-2-17-10(15)8-9(13)18-7(14-8)3-4-16-5-6(11)12/h6H,2-5,13H2,1H3. The maximum Gasteiger partial charge on any atom is 0.362 e. The van der Waals surface area contributed by atoms with Crippen LogP contribution in [-0.2, 0) is 15.9 Å². The quantitative estimate of drug-likeness (QED) is 0.589. The van der Waals surface area contributed by atoms with Gasteiger partial charge in [-0.2, -0.15) is 0 Å². The fraction of sp³-hybridized carbons (Fsp3) is 0.600. The van der Waals surface area contributed by atoms with Crippen LogP contribution >= 0.6 is 0 Å². The van der Waals surface area contributed by atoms with Crippen molar-refractivity contribution in [1.82, 2.24) is 4.98 Å². The number of halogens is 2. The third-order valence-electron chi connectivity index (χ3n) is 1.87. The lowest BCUT2D eigenvalue weighted by Gasteiger charge is -2.00. The minimum atomic E-state index is -2.52. The molecule has 6 nitrogen and oxygen atoms in total. The number of rotatable bonds is 7. The predicted molar refractivity (Wildman–Crippen MR) is 57.4 cm³/mol. The molecule has 0 atom stereocenters. The Kier molecular flexibility index (Phi) is 5.50. The molecule has 0 aliphatic heterocycles. The summed E-state index contributed by atoms with van der Waals surface area (Å²) in [5.74, 6) is -0.694. The summed E-state index contributed by atoms with van der Waals surface area (Å²) in [6.45, 7) is 1.19. The van der Waals surface area contributed by atoms with Crippen molar-refractivity contribution >= 4 is 11.9 Å². The molecule has 2 N–H and O–H groups in total. The van der Waals surface area contributed by atoms with Crippen molar-refractivity contribution in [3.05, 3.63) is 11.6 Å². The SMILES string of the molecule is CCOC(=O)c1nc(CCOCC(F)F)oc1N. The fourth-order valence-electron chi connectivity index (χ4n) is 1.16. The van der Waals surface area contributed by atoms with E-state index in [-0.39, 0.29) is 37.1 Å². The highest BCUT2D eigenvalue weighted by Crippen LogP contribution is 2.15. The van der Waals surface area contributed by atoms with Gasteiger partial charge in [0.15, 0.2) is 5.89 Å². The van der Waals surface area contributed by atoms with Crippen molar-refractivity contribution in [2.24, 2.45) is 0 Å². The number of hydrogen-bond donors (Lipinski definition) is 1. The van der Waals surface area contributed by atoms with E-state index in [0.717, 1.165) is 0 Å². The van der Waals surface area contributed by atoms with Crippen LogP contribution in [0.15, 0.2) is 4.42 Å². The third-order valence-corrected chi connectivity index (χ3v) is 1.87. The predicted octanol–water partition coefficient (Wildman–Crippen LogP) is 1.26. The number of nitrogens with zero attached hydrogens (tertiary/aromatic N) is 1. The molecule has 1 aromatic heterocycles. The van der Waals surface area contributed by atoms with Gasteiger partial charge in [0.05, 0.1) is 13.2 Å². The number of carbonyl (C=O) groups is 1. The number of ether oxygens (including phenoxy) is 2. The Morgan fingerprint density at radius 2 is 2.28 bits per heavy atom. The Morgan fingerprint density at radius 1 is 1.56 bits per heavy atom. The zero-order valence-electron chi connectivity index (χ0n) is 9.82. The molecule has 102 valence electrons. The summed E-state index contributed by atoms with van der Waals surface area (Å²) in [4.78, 5) is 15.2. The Bertz CT molecular complexity index is 395. The number of aromatic nitrogens is 1. The summed E-state index contributed by atoms with van der Waals surface area (Å²) in [6.07, 6.45) is -2.37. The number of alkyl halides is 2. The van der Waals surface area contributed by atoms with Gasteiger partial charge in [0.2, 0.25) is 11.6 Å². The fourth-order valence-corrected chi connectivity index (χ4v) is 1.16. The molecule has 18 heavy (non-hydrogen) atoms. The van der Waals surface area contributed by atoms with Crippen molar-refractivity contribution < 1.29 is 27.5 Å². The van der Waals surface area contributed by atoms with E-state index in [9.17, 15) is 13.6 Å². The van der Waals surface area contributed by atoms with Crippen LogP contribution in [0.3, 0.4) is 0 Å². The van der Waals surface area contributed by atoms with Gasteiger partial charge < -0.3 is 19.6 Å². The van der Waals surface area contributed by atoms with Gasteiger partial charge in [-0.05, 0) is 6.92 Å². The molecule has 0 spiro atoms. The summed E-state index contributed by atoms with van der Waals surface area (Å²) >= 11 is 0. The number of nitrogens with two attached hydrogens (primary N) is 1. The summed E-state index contributed by atoms with van der Waals surface area (Å²) < 4.78 is 37.9. The lowest BCUT2D eigenvalue weighted by molar-refractivity contribution is 0.0174. The molecule has 0 radical (unpaired) electrons. The van der Waals surface area contributed by atoms with E-state index < -0.39 is 19.0 Å². The van der Waals surface area contributed by atoms with Crippen LogP contribution in [0.2, 0.25) is 0 Å². The Morgan fingerprint density at radius 3 is 2.89 bits per heavy atom. The molecule has 0 unspecified atom stereocenters. The molecule has 1 heterocycles. The van der Waals surface area contributed by atoms with E-state index in [2.05, 4.69) is 9.72 Å². The Hall–Kier alpha value is -1.70. The first kappa shape index (κ1) is 14.4. The minimum absolute atomic E-state index is 0.00651. The number of nitrogen functional groups attached to an aromatic ring is 1. The smallest absolute Gasteiger partial charge is 0.362 e. The molecule has 0 fully saturated rings. The summed E-state index contributed by atoms with van der Waals surface area (Å²) in [5, 5.41) is 0. The summed E-state index contributed by atoms with van der Waals surface area (Å²) in [7, 11) is 0. The van der Waals surface area contributed by atoms with Gasteiger partial charge in [0, 0.05) is 6.42 Å². The van der Waals surface area contributed by atoms with Gasteiger partial charge in [-0.25, -0.2) is 18.6 Å². The van der Waals surface area contributed by atoms with Crippen LogP contribution in [0.5, 0.6) is 0 Å². The maximum atomic E-state index is 11.8. The van der Waals surface area contributed by atoms with Crippen molar-refractivity contribution in [3.63, 3.8) is 0 Å². The highest BCUT2D eigenvalue weighted by atomic mass is 19.3. The monoisotopic (exact) mass is 264 g/mol. The highest BCUT2D eigenvalue weighted by molar-refractivity contribution is 5.91. The molecule has 0 amide bonds. The van der Waals surface area contributed by atoms with Gasteiger partial charge in [-0.3, -0.25) is 0 Å². The minimum Gasteiger partial charge on any atom is -0.461 e. The molecule has 0 aliphatic carbocycles. The van der Waals surface area contributed by atoms with E-state index in [1.807, 2.05) is 0 Å². The van der Waals surface area contributed by atoms with Gasteiger partial charge in [0.1, 0.15) is 6.61 Å². The van der Waals surface area contributed by atoms with E-state index >= 15 is 0 Å². The van der Waals surface area contributed by atoms with E-state index in [1.54, 1.807) is 6.92 Å².